The molecular formula is C19H23NO. The Morgan fingerprint density at radius 1 is 0.952 bits per heavy atom. The summed E-state index contributed by atoms with van der Waals surface area (Å²) in [5, 5.41) is 3.68. The fourth-order valence-electron chi connectivity index (χ4n) is 3.06. The van der Waals surface area contributed by atoms with E-state index in [2.05, 4.69) is 59.9 Å². The molecule has 0 saturated heterocycles. The molecule has 0 spiro atoms. The van der Waals surface area contributed by atoms with Crippen molar-refractivity contribution < 1.29 is 4.74 Å². The third-order valence-electron chi connectivity index (χ3n) is 4.41. The van der Waals surface area contributed by atoms with Gasteiger partial charge in [-0.1, -0.05) is 54.6 Å². The van der Waals surface area contributed by atoms with E-state index >= 15 is 0 Å². The molecule has 1 saturated carbocycles. The second-order valence-corrected chi connectivity index (χ2v) is 5.86. The number of benzene rings is 2. The molecule has 0 unspecified atom stereocenters. The lowest BCUT2D eigenvalue weighted by Gasteiger charge is -2.36. The van der Waals surface area contributed by atoms with Gasteiger partial charge in [0.15, 0.2) is 0 Å². The van der Waals surface area contributed by atoms with Crippen molar-refractivity contribution in [3.63, 3.8) is 0 Å². The molecule has 1 N–H and O–H groups in total. The molecule has 0 bridgehead atoms. The predicted octanol–water partition coefficient (Wildman–Crippen LogP) is 3.87. The topological polar surface area (TPSA) is 21.3 Å². The molecule has 0 atom stereocenters. The smallest absolute Gasteiger partial charge is 0.0716 e. The van der Waals surface area contributed by atoms with Gasteiger partial charge in [0.05, 0.1) is 6.61 Å². The third kappa shape index (κ3) is 3.52. The lowest BCUT2D eigenvalue weighted by molar-refractivity contribution is 0.183. The van der Waals surface area contributed by atoms with Gasteiger partial charge < -0.3 is 10.1 Å². The Labute approximate surface area is 127 Å². The highest BCUT2D eigenvalue weighted by Gasteiger charge is 2.29. The van der Waals surface area contributed by atoms with Gasteiger partial charge in [-0.3, -0.25) is 0 Å². The van der Waals surface area contributed by atoms with Crippen LogP contribution in [-0.4, -0.2) is 13.2 Å². The predicted molar refractivity (Wildman–Crippen MR) is 86.2 cm³/mol. The van der Waals surface area contributed by atoms with Gasteiger partial charge >= 0.3 is 0 Å². The number of rotatable bonds is 6. The quantitative estimate of drug-likeness (QED) is 0.868. The van der Waals surface area contributed by atoms with Crippen LogP contribution in [0.15, 0.2) is 54.6 Å². The maximum atomic E-state index is 5.26. The van der Waals surface area contributed by atoms with E-state index in [1.165, 1.54) is 29.5 Å². The molecule has 1 fully saturated rings. The second-order valence-electron chi connectivity index (χ2n) is 5.86. The maximum Gasteiger partial charge on any atom is 0.0716 e. The molecule has 3 rings (SSSR count). The standard InChI is InChI=1S/C19H23NO/c1-21-14-17-10-6-5-9-16(17)13-20-19-11-18(12-19)15-7-3-2-4-8-15/h2-10,18-20H,11-14H2,1H3. The Morgan fingerprint density at radius 3 is 2.33 bits per heavy atom. The van der Waals surface area contributed by atoms with Crippen molar-refractivity contribution >= 4 is 0 Å². The minimum absolute atomic E-state index is 0.644. The highest BCUT2D eigenvalue weighted by Crippen LogP contribution is 2.36. The van der Waals surface area contributed by atoms with Crippen LogP contribution in [-0.2, 0) is 17.9 Å². The Balaban J connectivity index is 1.50. The summed E-state index contributed by atoms with van der Waals surface area (Å²) >= 11 is 0. The Morgan fingerprint density at radius 2 is 1.62 bits per heavy atom. The molecule has 0 aliphatic heterocycles. The third-order valence-corrected chi connectivity index (χ3v) is 4.41. The van der Waals surface area contributed by atoms with Gasteiger partial charge in [0.2, 0.25) is 0 Å². The second kappa shape index (κ2) is 6.88. The lowest BCUT2D eigenvalue weighted by Crippen LogP contribution is -2.39. The van der Waals surface area contributed by atoms with E-state index in [1.54, 1.807) is 7.11 Å². The first-order valence-corrected chi connectivity index (χ1v) is 7.71. The van der Waals surface area contributed by atoms with Crippen LogP contribution in [0.2, 0.25) is 0 Å². The van der Waals surface area contributed by atoms with Gasteiger partial charge in [-0.15, -0.1) is 0 Å². The van der Waals surface area contributed by atoms with E-state index in [9.17, 15) is 0 Å². The molecule has 2 aromatic rings. The minimum Gasteiger partial charge on any atom is -0.380 e. The highest BCUT2D eigenvalue weighted by molar-refractivity contribution is 5.27. The van der Waals surface area contributed by atoms with E-state index in [0.717, 1.165) is 12.5 Å². The van der Waals surface area contributed by atoms with Crippen LogP contribution in [0.4, 0.5) is 0 Å². The van der Waals surface area contributed by atoms with Crippen molar-refractivity contribution in [1.29, 1.82) is 0 Å². The van der Waals surface area contributed by atoms with Gasteiger partial charge in [-0.25, -0.2) is 0 Å². The summed E-state index contributed by atoms with van der Waals surface area (Å²) in [7, 11) is 1.75. The van der Waals surface area contributed by atoms with Crippen molar-refractivity contribution in [1.82, 2.24) is 5.32 Å². The van der Waals surface area contributed by atoms with E-state index in [1.807, 2.05) is 0 Å². The SMILES string of the molecule is COCc1ccccc1CNC1CC(c2ccccc2)C1. The number of hydrogen-bond donors (Lipinski definition) is 1. The number of hydrogen-bond acceptors (Lipinski definition) is 2. The van der Waals surface area contributed by atoms with Gasteiger partial charge in [0, 0.05) is 19.7 Å². The van der Waals surface area contributed by atoms with Crippen molar-refractivity contribution in [3.05, 3.63) is 71.3 Å². The van der Waals surface area contributed by atoms with E-state index in [-0.39, 0.29) is 0 Å². The molecule has 0 radical (unpaired) electrons. The maximum absolute atomic E-state index is 5.26. The average Bonchev–Trinajstić information content (AvgIpc) is 2.48. The summed E-state index contributed by atoms with van der Waals surface area (Å²) in [6.07, 6.45) is 2.49. The fourth-order valence-corrected chi connectivity index (χ4v) is 3.06. The summed E-state index contributed by atoms with van der Waals surface area (Å²) in [6.45, 7) is 1.63. The average molecular weight is 281 g/mol. The van der Waals surface area contributed by atoms with Gasteiger partial charge in [-0.2, -0.15) is 0 Å². The zero-order valence-electron chi connectivity index (χ0n) is 12.6. The van der Waals surface area contributed by atoms with Gasteiger partial charge in [0.1, 0.15) is 0 Å². The number of nitrogens with one attached hydrogen (secondary N) is 1. The highest BCUT2D eigenvalue weighted by atomic mass is 16.5. The van der Waals surface area contributed by atoms with Crippen LogP contribution in [0.1, 0.15) is 35.4 Å². The molecule has 1 aliphatic rings. The molecular weight excluding hydrogens is 258 g/mol. The lowest BCUT2D eigenvalue weighted by atomic mass is 9.76. The van der Waals surface area contributed by atoms with Crippen LogP contribution in [0.3, 0.4) is 0 Å². The summed E-state index contributed by atoms with van der Waals surface area (Å²) < 4.78 is 5.26. The first kappa shape index (κ1) is 14.3. The number of ether oxygens (including phenoxy) is 1. The Bertz CT molecular complexity index is 561. The molecule has 0 heterocycles. The van der Waals surface area contributed by atoms with Crippen LogP contribution in [0.5, 0.6) is 0 Å². The van der Waals surface area contributed by atoms with Gasteiger partial charge in [0.25, 0.3) is 0 Å². The van der Waals surface area contributed by atoms with E-state index < -0.39 is 0 Å². The van der Waals surface area contributed by atoms with Crippen molar-refractivity contribution in [3.8, 4) is 0 Å². The molecule has 21 heavy (non-hydrogen) atoms. The van der Waals surface area contributed by atoms with Gasteiger partial charge in [-0.05, 0) is 35.4 Å². The van der Waals surface area contributed by atoms with Crippen LogP contribution in [0, 0.1) is 0 Å². The van der Waals surface area contributed by atoms with E-state index in [0.29, 0.717) is 12.6 Å². The molecule has 0 amide bonds. The zero-order chi connectivity index (χ0) is 14.5. The molecule has 110 valence electrons. The molecule has 0 aromatic heterocycles. The van der Waals surface area contributed by atoms with E-state index in [4.69, 9.17) is 4.74 Å². The monoisotopic (exact) mass is 281 g/mol. The summed E-state index contributed by atoms with van der Waals surface area (Å²) in [5.74, 6) is 0.734. The molecule has 1 aliphatic carbocycles. The Kier molecular flexibility index (Phi) is 4.69. The number of methoxy groups -OCH3 is 1. The van der Waals surface area contributed by atoms with Crippen LogP contribution >= 0.6 is 0 Å². The normalized spacial score (nSPS) is 21.0. The van der Waals surface area contributed by atoms with Crippen LogP contribution in [0.25, 0.3) is 0 Å². The summed E-state index contributed by atoms with van der Waals surface area (Å²) in [6, 6.07) is 20.0. The minimum atomic E-state index is 0.644. The zero-order valence-corrected chi connectivity index (χ0v) is 12.6. The van der Waals surface area contributed by atoms with Crippen molar-refractivity contribution in [2.75, 3.05) is 7.11 Å². The molecule has 2 heteroatoms. The van der Waals surface area contributed by atoms with Crippen molar-refractivity contribution in [2.24, 2.45) is 0 Å². The first-order chi connectivity index (χ1) is 10.4. The molecule has 2 nitrogen and oxygen atoms in total. The largest absolute Gasteiger partial charge is 0.380 e. The molecule has 2 aromatic carbocycles. The fraction of sp³-hybridized carbons (Fsp3) is 0.368. The van der Waals surface area contributed by atoms with Crippen molar-refractivity contribution in [2.45, 2.75) is 38.0 Å². The van der Waals surface area contributed by atoms with Crippen LogP contribution < -0.4 is 5.32 Å². The summed E-state index contributed by atoms with van der Waals surface area (Å²) in [4.78, 5) is 0. The summed E-state index contributed by atoms with van der Waals surface area (Å²) in [5.41, 5.74) is 4.12. The first-order valence-electron chi connectivity index (χ1n) is 7.71. The Hall–Kier alpha value is -1.64.